The molecule has 10 heteroatoms. The van der Waals surface area contributed by atoms with Gasteiger partial charge in [-0.05, 0) is 48.9 Å². The Hall–Kier alpha value is -2.06. The molecular formula is C17H12Cl3N3O3S. The first-order valence-corrected chi connectivity index (χ1v) is 10.1. The Balaban J connectivity index is 1.91. The standard InChI is InChI=1S/C17H12Cl3N3O3S/c1-10-2-3-11(8-14(10)18)22-27(25,26)13-6-4-12(5-7-13)23-17(24)16(20)15(19)9-21-23/h2-9,22H,1H3. The second-order valence-electron chi connectivity index (χ2n) is 5.59. The molecule has 1 N–H and O–H groups in total. The van der Waals surface area contributed by atoms with E-state index in [1.54, 1.807) is 12.1 Å². The highest BCUT2D eigenvalue weighted by Crippen LogP contribution is 2.23. The molecule has 0 radical (unpaired) electrons. The summed E-state index contributed by atoms with van der Waals surface area (Å²) in [6.45, 7) is 1.82. The minimum Gasteiger partial charge on any atom is -0.280 e. The van der Waals surface area contributed by atoms with Gasteiger partial charge in [0.05, 0.1) is 27.5 Å². The molecule has 0 aliphatic heterocycles. The summed E-state index contributed by atoms with van der Waals surface area (Å²) in [5.74, 6) is 0. The smallest absolute Gasteiger partial charge is 0.280 e. The summed E-state index contributed by atoms with van der Waals surface area (Å²) in [6.07, 6.45) is 1.23. The van der Waals surface area contributed by atoms with Crippen LogP contribution in [0.15, 0.2) is 58.4 Å². The highest BCUT2D eigenvalue weighted by atomic mass is 35.5. The average Bonchev–Trinajstić information content (AvgIpc) is 2.63. The predicted octanol–water partition coefficient (Wildman–Crippen LogP) is 4.30. The second kappa shape index (κ2) is 7.52. The molecule has 6 nitrogen and oxygen atoms in total. The van der Waals surface area contributed by atoms with Crippen LogP contribution in [0.1, 0.15) is 5.56 Å². The second-order valence-corrected chi connectivity index (χ2v) is 8.46. The molecule has 27 heavy (non-hydrogen) atoms. The largest absolute Gasteiger partial charge is 0.291 e. The molecule has 1 aromatic heterocycles. The lowest BCUT2D eigenvalue weighted by atomic mass is 10.2. The van der Waals surface area contributed by atoms with E-state index in [1.165, 1.54) is 36.5 Å². The van der Waals surface area contributed by atoms with Gasteiger partial charge in [0.1, 0.15) is 5.02 Å². The molecule has 1 heterocycles. The Kier molecular flexibility index (Phi) is 5.48. The van der Waals surface area contributed by atoms with Crippen molar-refractivity contribution in [1.82, 2.24) is 9.78 Å². The maximum absolute atomic E-state index is 12.5. The Morgan fingerprint density at radius 3 is 2.30 bits per heavy atom. The lowest BCUT2D eigenvalue weighted by molar-refractivity contribution is 0.601. The normalized spacial score (nSPS) is 11.4. The van der Waals surface area contributed by atoms with Crippen LogP contribution in [-0.4, -0.2) is 18.2 Å². The molecule has 0 saturated carbocycles. The third-order valence-electron chi connectivity index (χ3n) is 3.69. The summed E-state index contributed by atoms with van der Waals surface area (Å²) >= 11 is 17.6. The van der Waals surface area contributed by atoms with Crippen molar-refractivity contribution in [1.29, 1.82) is 0 Å². The summed E-state index contributed by atoms with van der Waals surface area (Å²) in [5, 5.41) is 4.22. The third-order valence-corrected chi connectivity index (χ3v) is 6.24. The first-order chi connectivity index (χ1) is 12.7. The molecule has 0 fully saturated rings. The van der Waals surface area contributed by atoms with Crippen LogP contribution in [0.4, 0.5) is 5.69 Å². The molecule has 0 aliphatic rings. The van der Waals surface area contributed by atoms with E-state index in [0.717, 1.165) is 10.2 Å². The van der Waals surface area contributed by atoms with Crippen LogP contribution >= 0.6 is 34.8 Å². The number of aryl methyl sites for hydroxylation is 1. The van der Waals surface area contributed by atoms with Crippen LogP contribution in [0.5, 0.6) is 0 Å². The molecule has 0 bridgehead atoms. The fraction of sp³-hybridized carbons (Fsp3) is 0.0588. The minimum absolute atomic E-state index is 0.0102. The predicted molar refractivity (Wildman–Crippen MR) is 107 cm³/mol. The fourth-order valence-corrected chi connectivity index (χ4v) is 3.72. The zero-order valence-corrected chi connectivity index (χ0v) is 16.9. The van der Waals surface area contributed by atoms with Crippen molar-refractivity contribution >= 4 is 50.5 Å². The number of halogens is 3. The number of nitrogens with one attached hydrogen (secondary N) is 1. The van der Waals surface area contributed by atoms with Gasteiger partial charge in [0.25, 0.3) is 15.6 Å². The first kappa shape index (κ1) is 19.7. The van der Waals surface area contributed by atoms with Gasteiger partial charge in [-0.1, -0.05) is 40.9 Å². The highest BCUT2D eigenvalue weighted by Gasteiger charge is 2.16. The molecule has 0 aliphatic carbocycles. The number of sulfonamides is 1. The summed E-state index contributed by atoms with van der Waals surface area (Å²) < 4.78 is 28.5. The Labute approximate surface area is 170 Å². The van der Waals surface area contributed by atoms with E-state index in [2.05, 4.69) is 9.82 Å². The van der Waals surface area contributed by atoms with Gasteiger partial charge in [-0.3, -0.25) is 9.52 Å². The van der Waals surface area contributed by atoms with E-state index in [4.69, 9.17) is 34.8 Å². The van der Waals surface area contributed by atoms with Crippen LogP contribution < -0.4 is 10.3 Å². The number of hydrogen-bond acceptors (Lipinski definition) is 4. The molecular weight excluding hydrogens is 433 g/mol. The Morgan fingerprint density at radius 2 is 1.67 bits per heavy atom. The molecule has 0 unspecified atom stereocenters. The maximum Gasteiger partial charge on any atom is 0.291 e. The highest BCUT2D eigenvalue weighted by molar-refractivity contribution is 7.92. The van der Waals surface area contributed by atoms with E-state index >= 15 is 0 Å². The molecule has 2 aromatic carbocycles. The van der Waals surface area contributed by atoms with Crippen LogP contribution in [-0.2, 0) is 10.0 Å². The van der Waals surface area contributed by atoms with E-state index < -0.39 is 15.6 Å². The summed E-state index contributed by atoms with van der Waals surface area (Å²) in [6, 6.07) is 10.4. The monoisotopic (exact) mass is 443 g/mol. The Morgan fingerprint density at radius 1 is 1.00 bits per heavy atom. The topological polar surface area (TPSA) is 81.1 Å². The van der Waals surface area contributed by atoms with Gasteiger partial charge in [0, 0.05) is 5.02 Å². The van der Waals surface area contributed by atoms with Crippen molar-refractivity contribution in [2.75, 3.05) is 4.72 Å². The first-order valence-electron chi connectivity index (χ1n) is 7.52. The average molecular weight is 445 g/mol. The van der Waals surface area contributed by atoms with E-state index in [9.17, 15) is 13.2 Å². The van der Waals surface area contributed by atoms with Crippen molar-refractivity contribution in [2.45, 2.75) is 11.8 Å². The van der Waals surface area contributed by atoms with Crippen molar-refractivity contribution in [3.05, 3.63) is 79.6 Å². The lowest BCUT2D eigenvalue weighted by Gasteiger charge is -2.10. The molecule has 3 aromatic rings. The summed E-state index contributed by atoms with van der Waals surface area (Å²) in [4.78, 5) is 12.1. The molecule has 3 rings (SSSR count). The van der Waals surface area contributed by atoms with E-state index in [1.807, 2.05) is 6.92 Å². The van der Waals surface area contributed by atoms with Crippen LogP contribution in [0.25, 0.3) is 5.69 Å². The van der Waals surface area contributed by atoms with Gasteiger partial charge >= 0.3 is 0 Å². The van der Waals surface area contributed by atoms with Crippen molar-refractivity contribution < 1.29 is 8.42 Å². The van der Waals surface area contributed by atoms with Crippen LogP contribution in [0.3, 0.4) is 0 Å². The minimum atomic E-state index is -3.83. The van der Waals surface area contributed by atoms with Gasteiger partial charge in [-0.2, -0.15) is 9.78 Å². The SMILES string of the molecule is Cc1ccc(NS(=O)(=O)c2ccc(-n3ncc(Cl)c(Cl)c3=O)cc2)cc1Cl. The summed E-state index contributed by atoms with van der Waals surface area (Å²) in [5.41, 5.74) is 0.920. The number of benzene rings is 2. The number of hydrogen-bond donors (Lipinski definition) is 1. The van der Waals surface area contributed by atoms with Crippen LogP contribution in [0.2, 0.25) is 15.1 Å². The Bertz CT molecular complexity index is 1180. The van der Waals surface area contributed by atoms with Crippen molar-refractivity contribution in [3.63, 3.8) is 0 Å². The van der Waals surface area contributed by atoms with Gasteiger partial charge in [-0.15, -0.1) is 0 Å². The molecule has 0 spiro atoms. The molecule has 0 atom stereocenters. The zero-order valence-electron chi connectivity index (χ0n) is 13.8. The molecule has 0 saturated heterocycles. The van der Waals surface area contributed by atoms with Gasteiger partial charge in [0.15, 0.2) is 0 Å². The van der Waals surface area contributed by atoms with Gasteiger partial charge < -0.3 is 0 Å². The van der Waals surface area contributed by atoms with E-state index in [0.29, 0.717) is 16.4 Å². The quantitative estimate of drug-likeness (QED) is 0.650. The fourth-order valence-electron chi connectivity index (χ4n) is 2.23. The number of aromatic nitrogens is 2. The third kappa shape index (κ3) is 4.11. The van der Waals surface area contributed by atoms with Gasteiger partial charge in [-0.25, -0.2) is 8.42 Å². The molecule has 0 amide bonds. The van der Waals surface area contributed by atoms with E-state index in [-0.39, 0.29) is 14.9 Å². The van der Waals surface area contributed by atoms with Crippen molar-refractivity contribution in [3.8, 4) is 5.69 Å². The van der Waals surface area contributed by atoms with Gasteiger partial charge in [0.2, 0.25) is 0 Å². The number of nitrogens with zero attached hydrogens (tertiary/aromatic N) is 2. The maximum atomic E-state index is 12.5. The van der Waals surface area contributed by atoms with Crippen molar-refractivity contribution in [2.24, 2.45) is 0 Å². The zero-order chi connectivity index (χ0) is 19.8. The lowest BCUT2D eigenvalue weighted by Crippen LogP contribution is -2.21. The number of anilines is 1. The van der Waals surface area contributed by atoms with Crippen LogP contribution in [0, 0.1) is 6.92 Å². The molecule has 140 valence electrons. The number of rotatable bonds is 4. The summed E-state index contributed by atoms with van der Waals surface area (Å²) in [7, 11) is -3.83.